The van der Waals surface area contributed by atoms with E-state index in [1.54, 1.807) is 0 Å². The average molecular weight is 124 g/mol. The van der Waals surface area contributed by atoms with E-state index >= 15 is 0 Å². The number of nitrogens with one attached hydrogen (secondary N) is 1. The molecule has 7 heavy (non-hydrogen) atoms. The van der Waals surface area contributed by atoms with E-state index in [0.29, 0.717) is 0 Å². The molecule has 1 heterocycles. The summed E-state index contributed by atoms with van der Waals surface area (Å²) in [6, 6.07) is 0. The first-order valence-corrected chi connectivity index (χ1v) is 2.34. The Balaban J connectivity index is 0.000000360. The van der Waals surface area contributed by atoms with Gasteiger partial charge in [-0.15, -0.1) is 13.1 Å². The third kappa shape index (κ3) is 4.09. The summed E-state index contributed by atoms with van der Waals surface area (Å²) in [6.07, 6.45) is 0. The number of hydrogen-bond donors (Lipinski definition) is 1. The molecule has 0 aromatic heterocycles. The van der Waals surface area contributed by atoms with Crippen LogP contribution in [0.25, 0.3) is 5.32 Å². The predicted molar refractivity (Wildman–Crippen MR) is 26.0 cm³/mol. The van der Waals surface area contributed by atoms with Gasteiger partial charge in [0.05, 0.1) is 0 Å². The summed E-state index contributed by atoms with van der Waals surface area (Å²) in [5.74, 6) is 0. The number of hydrogen-bond acceptors (Lipinski definition) is 1. The first-order valence-electron chi connectivity index (χ1n) is 2.34. The van der Waals surface area contributed by atoms with Gasteiger partial charge >= 0.3 is 51.4 Å². The molecule has 1 fully saturated rings. The Morgan fingerprint density at radius 2 is 1.71 bits per heavy atom. The summed E-state index contributed by atoms with van der Waals surface area (Å²) in [5, 5.41) is 7.31. The standard InChI is InChI=1S/C4H9N2.K/c1-2-6-4-3-5-1;/h5H,1-4H2;/q-1;+1. The molecule has 1 aliphatic rings. The van der Waals surface area contributed by atoms with E-state index in [1.165, 1.54) is 0 Å². The third-order valence-electron chi connectivity index (χ3n) is 0.893. The van der Waals surface area contributed by atoms with Crippen molar-refractivity contribution in [1.82, 2.24) is 5.32 Å². The molecular formula is C4H9KN2. The largest absolute Gasteiger partial charge is 1.00 e. The van der Waals surface area contributed by atoms with Crippen LogP contribution in [0.2, 0.25) is 0 Å². The van der Waals surface area contributed by atoms with Gasteiger partial charge in [0, 0.05) is 0 Å². The first-order chi connectivity index (χ1) is 3.00. The second-order valence-corrected chi connectivity index (χ2v) is 1.42. The molecule has 0 atom stereocenters. The molecule has 0 bridgehead atoms. The molecule has 1 rings (SSSR count). The van der Waals surface area contributed by atoms with Crippen molar-refractivity contribution in [3.05, 3.63) is 5.32 Å². The molecule has 0 saturated carbocycles. The van der Waals surface area contributed by atoms with Gasteiger partial charge in [-0.1, -0.05) is 0 Å². The van der Waals surface area contributed by atoms with Crippen LogP contribution in [0, 0.1) is 0 Å². The normalized spacial score (nSPS) is 20.6. The Morgan fingerprint density at radius 1 is 1.14 bits per heavy atom. The monoisotopic (exact) mass is 124 g/mol. The van der Waals surface area contributed by atoms with Crippen molar-refractivity contribution in [2.75, 3.05) is 26.2 Å². The van der Waals surface area contributed by atoms with Crippen LogP contribution in [0.5, 0.6) is 0 Å². The van der Waals surface area contributed by atoms with Crippen LogP contribution in [0.4, 0.5) is 0 Å². The fourth-order valence-corrected chi connectivity index (χ4v) is 0.553. The van der Waals surface area contributed by atoms with Crippen molar-refractivity contribution in [2.24, 2.45) is 0 Å². The predicted octanol–water partition coefficient (Wildman–Crippen LogP) is -3.03. The maximum Gasteiger partial charge on any atom is 1.00 e. The molecule has 3 heteroatoms. The summed E-state index contributed by atoms with van der Waals surface area (Å²) >= 11 is 0. The van der Waals surface area contributed by atoms with Crippen molar-refractivity contribution in [3.63, 3.8) is 0 Å². The summed E-state index contributed by atoms with van der Waals surface area (Å²) in [5.41, 5.74) is 0. The van der Waals surface area contributed by atoms with Crippen LogP contribution in [-0.2, 0) is 0 Å². The maximum atomic E-state index is 4.11. The molecule has 1 aliphatic heterocycles. The fraction of sp³-hybridized carbons (Fsp3) is 1.00. The van der Waals surface area contributed by atoms with Crippen LogP contribution >= 0.6 is 0 Å². The molecule has 0 unspecified atom stereocenters. The fourth-order valence-electron chi connectivity index (χ4n) is 0.553. The minimum Gasteiger partial charge on any atom is -0.660 e. The molecule has 0 radical (unpaired) electrons. The zero-order valence-corrected chi connectivity index (χ0v) is 7.90. The van der Waals surface area contributed by atoms with Gasteiger partial charge in [-0.2, -0.15) is 0 Å². The second kappa shape index (κ2) is 5.69. The molecule has 36 valence electrons. The Bertz CT molecular complexity index is 25.2. The molecule has 1 saturated heterocycles. The number of piperazine rings is 1. The van der Waals surface area contributed by atoms with Gasteiger partial charge in [0.25, 0.3) is 0 Å². The van der Waals surface area contributed by atoms with Crippen molar-refractivity contribution in [1.29, 1.82) is 0 Å². The molecule has 0 aliphatic carbocycles. The molecule has 2 nitrogen and oxygen atoms in total. The van der Waals surface area contributed by atoms with E-state index < -0.39 is 0 Å². The van der Waals surface area contributed by atoms with Gasteiger partial charge in [0.15, 0.2) is 0 Å². The Morgan fingerprint density at radius 3 is 1.86 bits per heavy atom. The van der Waals surface area contributed by atoms with Crippen molar-refractivity contribution in [2.45, 2.75) is 0 Å². The molecule has 0 spiro atoms. The van der Waals surface area contributed by atoms with E-state index in [4.69, 9.17) is 0 Å². The Labute approximate surface area is 86.9 Å². The third-order valence-corrected chi connectivity index (χ3v) is 0.893. The Kier molecular flexibility index (Phi) is 6.95. The van der Waals surface area contributed by atoms with Crippen LogP contribution < -0.4 is 56.7 Å². The van der Waals surface area contributed by atoms with Gasteiger partial charge in [0.2, 0.25) is 0 Å². The van der Waals surface area contributed by atoms with E-state index in [-0.39, 0.29) is 51.4 Å². The summed E-state index contributed by atoms with van der Waals surface area (Å²) < 4.78 is 0. The summed E-state index contributed by atoms with van der Waals surface area (Å²) in [6.45, 7) is 4.19. The van der Waals surface area contributed by atoms with Gasteiger partial charge < -0.3 is 10.6 Å². The van der Waals surface area contributed by atoms with Gasteiger partial charge in [-0.3, -0.25) is 0 Å². The van der Waals surface area contributed by atoms with Gasteiger partial charge in [-0.05, 0) is 13.1 Å². The van der Waals surface area contributed by atoms with Crippen molar-refractivity contribution >= 4 is 0 Å². The van der Waals surface area contributed by atoms with E-state index in [0.717, 1.165) is 26.2 Å². The van der Waals surface area contributed by atoms with Gasteiger partial charge in [0.1, 0.15) is 0 Å². The molecule has 0 aromatic carbocycles. The SMILES string of the molecule is C1CNCC[N-]1.[K+]. The van der Waals surface area contributed by atoms with Crippen LogP contribution in [0.15, 0.2) is 0 Å². The van der Waals surface area contributed by atoms with Crippen molar-refractivity contribution < 1.29 is 51.4 Å². The smallest absolute Gasteiger partial charge is 0.660 e. The molecule has 0 aromatic rings. The first kappa shape index (κ1) is 8.56. The van der Waals surface area contributed by atoms with Crippen molar-refractivity contribution in [3.8, 4) is 0 Å². The van der Waals surface area contributed by atoms with Gasteiger partial charge in [-0.25, -0.2) is 0 Å². The zero-order chi connectivity index (χ0) is 4.24. The van der Waals surface area contributed by atoms with Crippen LogP contribution in [-0.4, -0.2) is 26.2 Å². The topological polar surface area (TPSA) is 26.1 Å². The minimum atomic E-state index is 0. The molecule has 1 N–H and O–H groups in total. The van der Waals surface area contributed by atoms with Crippen LogP contribution in [0.1, 0.15) is 0 Å². The minimum absolute atomic E-state index is 0. The maximum absolute atomic E-state index is 4.11. The van der Waals surface area contributed by atoms with E-state index in [1.807, 2.05) is 0 Å². The van der Waals surface area contributed by atoms with Crippen LogP contribution in [0.3, 0.4) is 0 Å². The molecular weight excluding hydrogens is 115 g/mol. The summed E-state index contributed by atoms with van der Waals surface area (Å²) in [7, 11) is 0. The average Bonchev–Trinajstić information content (AvgIpc) is 1.72. The Hall–Kier alpha value is 1.56. The number of nitrogens with zero attached hydrogens (tertiary/aromatic N) is 1. The van der Waals surface area contributed by atoms with E-state index in [2.05, 4.69) is 10.6 Å². The summed E-state index contributed by atoms with van der Waals surface area (Å²) in [4.78, 5) is 0. The quantitative estimate of drug-likeness (QED) is 0.342. The second-order valence-electron chi connectivity index (χ2n) is 1.42. The zero-order valence-electron chi connectivity index (χ0n) is 4.78. The molecule has 0 amide bonds. The number of rotatable bonds is 0. The van der Waals surface area contributed by atoms with E-state index in [9.17, 15) is 0 Å².